The fourth-order valence-corrected chi connectivity index (χ4v) is 1.81. The molecule has 1 aromatic carbocycles. The van der Waals surface area contributed by atoms with Gasteiger partial charge in [0.05, 0.1) is 11.7 Å². The maximum absolute atomic E-state index is 13.7. The average molecular weight is 256 g/mol. The van der Waals surface area contributed by atoms with Crippen LogP contribution in [0.4, 0.5) is 13.2 Å². The first-order chi connectivity index (χ1) is 8.54. The Morgan fingerprint density at radius 3 is 2.33 bits per heavy atom. The lowest BCUT2D eigenvalue weighted by atomic mass is 10.0. The first-order valence-electron chi connectivity index (χ1n) is 5.13. The third-order valence-corrected chi connectivity index (χ3v) is 2.65. The van der Waals surface area contributed by atoms with E-state index in [0.29, 0.717) is 17.8 Å². The quantitative estimate of drug-likeness (QED) is 0.644. The molecule has 1 heterocycles. The van der Waals surface area contributed by atoms with Crippen LogP contribution in [-0.4, -0.2) is 9.78 Å². The lowest BCUT2D eigenvalue weighted by Gasteiger charge is -2.18. The molecule has 0 saturated heterocycles. The van der Waals surface area contributed by atoms with E-state index in [0.717, 1.165) is 0 Å². The number of rotatable bonds is 3. The van der Waals surface area contributed by atoms with Crippen LogP contribution in [0.1, 0.15) is 17.3 Å². The van der Waals surface area contributed by atoms with Crippen LogP contribution >= 0.6 is 0 Å². The van der Waals surface area contributed by atoms with E-state index in [1.165, 1.54) is 10.9 Å². The SMILES string of the molecule is Cn1nccc1C(NN)c1c(F)cc(F)cc1F. The minimum absolute atomic E-state index is 0.345. The van der Waals surface area contributed by atoms with E-state index < -0.39 is 23.5 Å². The molecule has 0 amide bonds. The number of aryl methyl sites for hydroxylation is 1. The van der Waals surface area contributed by atoms with E-state index in [4.69, 9.17) is 5.84 Å². The summed E-state index contributed by atoms with van der Waals surface area (Å²) in [4.78, 5) is 0. The highest BCUT2D eigenvalue weighted by Gasteiger charge is 2.24. The highest BCUT2D eigenvalue weighted by Crippen LogP contribution is 2.26. The van der Waals surface area contributed by atoms with E-state index in [1.807, 2.05) is 0 Å². The van der Waals surface area contributed by atoms with Gasteiger partial charge in [0.15, 0.2) is 0 Å². The molecule has 4 nitrogen and oxygen atoms in total. The maximum atomic E-state index is 13.7. The third-order valence-electron chi connectivity index (χ3n) is 2.65. The molecular formula is C11H11F3N4. The number of hydrogen-bond donors (Lipinski definition) is 2. The lowest BCUT2D eigenvalue weighted by Crippen LogP contribution is -2.31. The van der Waals surface area contributed by atoms with Gasteiger partial charge in [0.2, 0.25) is 0 Å². The van der Waals surface area contributed by atoms with Crippen molar-refractivity contribution in [2.24, 2.45) is 12.9 Å². The Bertz CT molecular complexity index is 544. The minimum Gasteiger partial charge on any atom is -0.271 e. The van der Waals surface area contributed by atoms with Crippen LogP contribution in [0, 0.1) is 17.5 Å². The average Bonchev–Trinajstić information content (AvgIpc) is 2.69. The van der Waals surface area contributed by atoms with Gasteiger partial charge in [0.25, 0.3) is 0 Å². The first kappa shape index (κ1) is 12.6. The molecule has 2 aromatic rings. The number of aromatic nitrogens is 2. The summed E-state index contributed by atoms with van der Waals surface area (Å²) in [5.41, 5.74) is 2.41. The zero-order valence-corrected chi connectivity index (χ0v) is 9.49. The first-order valence-corrected chi connectivity index (χ1v) is 5.13. The fraction of sp³-hybridized carbons (Fsp3) is 0.182. The topological polar surface area (TPSA) is 55.9 Å². The summed E-state index contributed by atoms with van der Waals surface area (Å²) in [6, 6.07) is 1.84. The predicted octanol–water partition coefficient (Wildman–Crippen LogP) is 1.39. The highest BCUT2D eigenvalue weighted by molar-refractivity contribution is 5.30. The van der Waals surface area contributed by atoms with Crippen LogP contribution in [0.3, 0.4) is 0 Å². The second kappa shape index (κ2) is 4.79. The number of hydrogen-bond acceptors (Lipinski definition) is 3. The lowest BCUT2D eigenvalue weighted by molar-refractivity contribution is 0.479. The molecule has 3 N–H and O–H groups in total. The normalized spacial score (nSPS) is 12.7. The second-order valence-corrected chi connectivity index (χ2v) is 3.76. The molecule has 0 saturated carbocycles. The van der Waals surface area contributed by atoms with Crippen molar-refractivity contribution in [3.63, 3.8) is 0 Å². The van der Waals surface area contributed by atoms with Crippen LogP contribution < -0.4 is 11.3 Å². The number of nitrogens with two attached hydrogens (primary N) is 1. The van der Waals surface area contributed by atoms with Gasteiger partial charge < -0.3 is 0 Å². The molecule has 1 atom stereocenters. The Morgan fingerprint density at radius 1 is 1.28 bits per heavy atom. The van der Waals surface area contributed by atoms with Gasteiger partial charge in [-0.2, -0.15) is 5.10 Å². The van der Waals surface area contributed by atoms with E-state index in [1.54, 1.807) is 13.1 Å². The fourth-order valence-electron chi connectivity index (χ4n) is 1.81. The monoisotopic (exact) mass is 256 g/mol. The van der Waals surface area contributed by atoms with Crippen molar-refractivity contribution >= 4 is 0 Å². The Hall–Kier alpha value is -1.86. The number of nitrogens with one attached hydrogen (secondary N) is 1. The highest BCUT2D eigenvalue weighted by atomic mass is 19.1. The van der Waals surface area contributed by atoms with Crippen molar-refractivity contribution in [3.05, 3.63) is 53.1 Å². The van der Waals surface area contributed by atoms with E-state index in [2.05, 4.69) is 10.5 Å². The molecular weight excluding hydrogens is 245 g/mol. The molecule has 0 fully saturated rings. The van der Waals surface area contributed by atoms with E-state index in [9.17, 15) is 13.2 Å². The van der Waals surface area contributed by atoms with Gasteiger partial charge in [0, 0.05) is 30.9 Å². The summed E-state index contributed by atoms with van der Waals surface area (Å²) in [5.74, 6) is 2.34. The van der Waals surface area contributed by atoms with Gasteiger partial charge in [-0.25, -0.2) is 18.6 Å². The molecule has 0 aliphatic carbocycles. The van der Waals surface area contributed by atoms with Crippen LogP contribution in [0.2, 0.25) is 0 Å². The van der Waals surface area contributed by atoms with Crippen molar-refractivity contribution < 1.29 is 13.2 Å². The van der Waals surface area contributed by atoms with Crippen molar-refractivity contribution in [1.82, 2.24) is 15.2 Å². The van der Waals surface area contributed by atoms with Crippen molar-refractivity contribution in [1.29, 1.82) is 0 Å². The standard InChI is InChI=1S/C11H11F3N4/c1-18-9(2-3-16-18)11(17-15)10-7(13)4-6(12)5-8(10)14/h2-5,11,17H,15H2,1H3. The number of nitrogens with zero attached hydrogens (tertiary/aromatic N) is 2. The van der Waals surface area contributed by atoms with Gasteiger partial charge in [-0.1, -0.05) is 0 Å². The Morgan fingerprint density at radius 2 is 1.89 bits per heavy atom. The van der Waals surface area contributed by atoms with Gasteiger partial charge in [0.1, 0.15) is 17.5 Å². The number of benzene rings is 1. The molecule has 0 radical (unpaired) electrons. The maximum Gasteiger partial charge on any atom is 0.134 e. The molecule has 1 aromatic heterocycles. The molecule has 1 unspecified atom stereocenters. The van der Waals surface area contributed by atoms with Crippen molar-refractivity contribution in [3.8, 4) is 0 Å². The van der Waals surface area contributed by atoms with Crippen molar-refractivity contribution in [2.75, 3.05) is 0 Å². The molecule has 0 aliphatic heterocycles. The third kappa shape index (κ3) is 2.09. The second-order valence-electron chi connectivity index (χ2n) is 3.76. The van der Waals surface area contributed by atoms with Crippen LogP contribution in [0.25, 0.3) is 0 Å². The Kier molecular flexibility index (Phi) is 3.35. The Labute approximate surface area is 101 Å². The summed E-state index contributed by atoms with van der Waals surface area (Å²) in [6.07, 6.45) is 1.47. The van der Waals surface area contributed by atoms with E-state index in [-0.39, 0.29) is 5.56 Å². The van der Waals surface area contributed by atoms with Gasteiger partial charge in [-0.3, -0.25) is 10.5 Å². The molecule has 0 bridgehead atoms. The molecule has 96 valence electrons. The summed E-state index contributed by atoms with van der Waals surface area (Å²) in [6.45, 7) is 0. The largest absolute Gasteiger partial charge is 0.271 e. The van der Waals surface area contributed by atoms with Gasteiger partial charge in [-0.15, -0.1) is 0 Å². The van der Waals surface area contributed by atoms with Crippen LogP contribution in [0.5, 0.6) is 0 Å². The van der Waals surface area contributed by atoms with Gasteiger partial charge in [-0.05, 0) is 6.07 Å². The van der Waals surface area contributed by atoms with E-state index >= 15 is 0 Å². The summed E-state index contributed by atoms with van der Waals surface area (Å²) in [5, 5.41) is 3.89. The smallest absolute Gasteiger partial charge is 0.134 e. The molecule has 2 rings (SSSR count). The number of halogens is 3. The molecule has 7 heteroatoms. The Balaban J connectivity index is 2.56. The zero-order chi connectivity index (χ0) is 13.3. The molecule has 18 heavy (non-hydrogen) atoms. The summed E-state index contributed by atoms with van der Waals surface area (Å²) >= 11 is 0. The molecule has 0 aliphatic rings. The predicted molar refractivity (Wildman–Crippen MR) is 58.7 cm³/mol. The minimum atomic E-state index is -1.00. The van der Waals surface area contributed by atoms with Crippen LogP contribution in [0.15, 0.2) is 24.4 Å². The number of hydrazine groups is 1. The summed E-state index contributed by atoms with van der Waals surface area (Å²) in [7, 11) is 1.61. The van der Waals surface area contributed by atoms with Crippen molar-refractivity contribution in [2.45, 2.75) is 6.04 Å². The molecule has 0 spiro atoms. The zero-order valence-electron chi connectivity index (χ0n) is 9.49. The van der Waals surface area contributed by atoms with Gasteiger partial charge >= 0.3 is 0 Å². The summed E-state index contributed by atoms with van der Waals surface area (Å²) < 4.78 is 41.6. The van der Waals surface area contributed by atoms with Crippen LogP contribution in [-0.2, 0) is 7.05 Å².